The molecule has 2 atom stereocenters. The van der Waals surface area contributed by atoms with Gasteiger partial charge in [0.15, 0.2) is 5.96 Å². The Bertz CT molecular complexity index is 626. The number of nitrogens with one attached hydrogen (secondary N) is 2. The van der Waals surface area contributed by atoms with E-state index >= 15 is 0 Å². The molecule has 0 aromatic heterocycles. The van der Waals surface area contributed by atoms with Crippen molar-refractivity contribution in [3.63, 3.8) is 0 Å². The Hall–Kier alpha value is -1.63. The summed E-state index contributed by atoms with van der Waals surface area (Å²) in [4.78, 5) is 12.6. The van der Waals surface area contributed by atoms with Crippen LogP contribution in [0.5, 0.6) is 0 Å². The van der Waals surface area contributed by atoms with Gasteiger partial charge in [-0.1, -0.05) is 37.3 Å². The summed E-state index contributed by atoms with van der Waals surface area (Å²) in [5.41, 5.74) is 1.40. The van der Waals surface area contributed by atoms with Crippen LogP contribution in [-0.4, -0.2) is 91.6 Å². The molecule has 1 aromatic carbocycles. The lowest BCUT2D eigenvalue weighted by Gasteiger charge is -2.37. The standard InChI is InChI=1S/C24H42N6/c1-4-25-24(26-18-21(3)29-16-14-28(5-2)15-17-29)27-19-23-12-9-13-30(23)20-22-10-7-6-8-11-22/h6-8,10-11,21,23H,4-5,9,12-20H2,1-3H3,(H2,25,26,27). The van der Waals surface area contributed by atoms with Crippen molar-refractivity contribution in [2.45, 2.75) is 52.2 Å². The summed E-state index contributed by atoms with van der Waals surface area (Å²) in [6.07, 6.45) is 2.55. The molecule has 0 spiro atoms. The largest absolute Gasteiger partial charge is 0.357 e. The van der Waals surface area contributed by atoms with Crippen molar-refractivity contribution in [1.29, 1.82) is 0 Å². The highest BCUT2D eigenvalue weighted by Crippen LogP contribution is 2.19. The monoisotopic (exact) mass is 414 g/mol. The van der Waals surface area contributed by atoms with Crippen LogP contribution in [-0.2, 0) is 6.54 Å². The average Bonchev–Trinajstić information content (AvgIpc) is 3.23. The Labute approximate surface area is 183 Å². The minimum absolute atomic E-state index is 0.487. The van der Waals surface area contributed by atoms with Crippen molar-refractivity contribution in [3.8, 4) is 0 Å². The molecule has 30 heavy (non-hydrogen) atoms. The van der Waals surface area contributed by atoms with E-state index in [-0.39, 0.29) is 0 Å². The maximum Gasteiger partial charge on any atom is 0.191 e. The molecular weight excluding hydrogens is 372 g/mol. The van der Waals surface area contributed by atoms with Crippen molar-refractivity contribution in [3.05, 3.63) is 35.9 Å². The van der Waals surface area contributed by atoms with Crippen LogP contribution in [0.1, 0.15) is 39.2 Å². The lowest BCUT2D eigenvalue weighted by molar-refractivity contribution is 0.109. The van der Waals surface area contributed by atoms with E-state index in [1.807, 2.05) is 0 Å². The zero-order valence-corrected chi connectivity index (χ0v) is 19.3. The molecule has 0 amide bonds. The molecule has 0 aliphatic carbocycles. The molecule has 0 radical (unpaired) electrons. The van der Waals surface area contributed by atoms with Crippen LogP contribution < -0.4 is 10.6 Å². The van der Waals surface area contributed by atoms with E-state index in [1.165, 1.54) is 38.0 Å². The number of guanidine groups is 1. The maximum absolute atomic E-state index is 4.92. The molecule has 2 fully saturated rings. The lowest BCUT2D eigenvalue weighted by Crippen LogP contribution is -2.50. The minimum atomic E-state index is 0.487. The van der Waals surface area contributed by atoms with Crippen LogP contribution in [0.3, 0.4) is 0 Å². The Morgan fingerprint density at radius 2 is 1.83 bits per heavy atom. The number of hydrogen-bond acceptors (Lipinski definition) is 4. The van der Waals surface area contributed by atoms with Gasteiger partial charge in [-0.15, -0.1) is 0 Å². The van der Waals surface area contributed by atoms with Crippen molar-refractivity contribution in [1.82, 2.24) is 25.3 Å². The summed E-state index contributed by atoms with van der Waals surface area (Å²) in [5.74, 6) is 0.961. The van der Waals surface area contributed by atoms with Crippen molar-refractivity contribution in [2.75, 3.05) is 58.9 Å². The van der Waals surface area contributed by atoms with Gasteiger partial charge in [-0.2, -0.15) is 0 Å². The fourth-order valence-corrected chi connectivity index (χ4v) is 4.57. The zero-order valence-electron chi connectivity index (χ0n) is 19.3. The Morgan fingerprint density at radius 1 is 1.07 bits per heavy atom. The van der Waals surface area contributed by atoms with E-state index in [9.17, 15) is 0 Å². The summed E-state index contributed by atoms with van der Waals surface area (Å²) in [6, 6.07) is 11.9. The normalized spacial score (nSPS) is 22.9. The second-order valence-electron chi connectivity index (χ2n) is 8.67. The molecule has 2 aliphatic rings. The van der Waals surface area contributed by atoms with Gasteiger partial charge in [0.05, 0.1) is 6.54 Å². The van der Waals surface area contributed by atoms with E-state index in [2.05, 4.69) is 76.4 Å². The number of likely N-dealkylation sites (N-methyl/N-ethyl adjacent to an activating group) is 1. The molecule has 6 heteroatoms. The van der Waals surface area contributed by atoms with Gasteiger partial charge in [-0.3, -0.25) is 14.8 Å². The maximum atomic E-state index is 4.92. The van der Waals surface area contributed by atoms with E-state index in [1.54, 1.807) is 0 Å². The third-order valence-corrected chi connectivity index (χ3v) is 6.57. The van der Waals surface area contributed by atoms with Gasteiger partial charge in [0, 0.05) is 57.9 Å². The third kappa shape index (κ3) is 6.96. The number of likely N-dealkylation sites (tertiary alicyclic amines) is 1. The van der Waals surface area contributed by atoms with Crippen LogP contribution in [0.4, 0.5) is 0 Å². The predicted molar refractivity (Wildman–Crippen MR) is 127 cm³/mol. The van der Waals surface area contributed by atoms with Crippen LogP contribution in [0.2, 0.25) is 0 Å². The number of aliphatic imine (C=N–C) groups is 1. The minimum Gasteiger partial charge on any atom is -0.357 e. The fraction of sp³-hybridized carbons (Fsp3) is 0.708. The van der Waals surface area contributed by atoms with Gasteiger partial charge in [0.1, 0.15) is 0 Å². The summed E-state index contributed by atoms with van der Waals surface area (Å²) >= 11 is 0. The zero-order chi connectivity index (χ0) is 21.2. The fourth-order valence-electron chi connectivity index (χ4n) is 4.57. The van der Waals surface area contributed by atoms with Gasteiger partial charge in [0.25, 0.3) is 0 Å². The van der Waals surface area contributed by atoms with Crippen LogP contribution >= 0.6 is 0 Å². The highest BCUT2D eigenvalue weighted by Gasteiger charge is 2.25. The first-order valence-electron chi connectivity index (χ1n) is 12.0. The second-order valence-corrected chi connectivity index (χ2v) is 8.67. The molecule has 168 valence electrons. The van der Waals surface area contributed by atoms with Crippen LogP contribution in [0.15, 0.2) is 35.3 Å². The Balaban J connectivity index is 1.47. The number of hydrogen-bond donors (Lipinski definition) is 2. The third-order valence-electron chi connectivity index (χ3n) is 6.57. The number of nitrogens with zero attached hydrogens (tertiary/aromatic N) is 4. The molecule has 3 rings (SSSR count). The van der Waals surface area contributed by atoms with Gasteiger partial charge in [-0.05, 0) is 45.3 Å². The van der Waals surface area contributed by atoms with Crippen molar-refractivity contribution >= 4 is 5.96 Å². The van der Waals surface area contributed by atoms with Crippen molar-refractivity contribution < 1.29 is 0 Å². The predicted octanol–water partition coefficient (Wildman–Crippen LogP) is 2.23. The first-order chi connectivity index (χ1) is 14.7. The summed E-state index contributed by atoms with van der Waals surface area (Å²) in [5, 5.41) is 7.06. The lowest BCUT2D eigenvalue weighted by atomic mass is 10.2. The van der Waals surface area contributed by atoms with Crippen LogP contribution in [0, 0.1) is 0 Å². The van der Waals surface area contributed by atoms with Gasteiger partial charge < -0.3 is 15.5 Å². The first-order valence-corrected chi connectivity index (χ1v) is 12.0. The SMILES string of the molecule is CCNC(=NCC(C)N1CCN(CC)CC1)NCC1CCCN1Cc1ccccc1. The summed E-state index contributed by atoms with van der Waals surface area (Å²) in [7, 11) is 0. The topological polar surface area (TPSA) is 46.1 Å². The van der Waals surface area contributed by atoms with Gasteiger partial charge >= 0.3 is 0 Å². The quantitative estimate of drug-likeness (QED) is 0.479. The molecule has 6 nitrogen and oxygen atoms in total. The number of benzene rings is 1. The number of piperazine rings is 1. The molecule has 0 saturated carbocycles. The summed E-state index contributed by atoms with van der Waals surface area (Å²) < 4.78 is 0. The summed E-state index contributed by atoms with van der Waals surface area (Å²) in [6.45, 7) is 17.5. The molecular formula is C24H42N6. The Morgan fingerprint density at radius 3 is 2.53 bits per heavy atom. The second kappa shape index (κ2) is 12.3. The Kier molecular flexibility index (Phi) is 9.43. The highest BCUT2D eigenvalue weighted by molar-refractivity contribution is 5.79. The molecule has 0 bridgehead atoms. The first kappa shape index (κ1) is 23.0. The average molecular weight is 415 g/mol. The van der Waals surface area contributed by atoms with Gasteiger partial charge in [-0.25, -0.2) is 0 Å². The van der Waals surface area contributed by atoms with Gasteiger partial charge in [0.2, 0.25) is 0 Å². The van der Waals surface area contributed by atoms with E-state index in [0.717, 1.165) is 51.8 Å². The molecule has 2 saturated heterocycles. The molecule has 2 N–H and O–H groups in total. The van der Waals surface area contributed by atoms with E-state index < -0.39 is 0 Å². The molecule has 1 aromatic rings. The molecule has 2 aliphatic heterocycles. The number of rotatable bonds is 9. The van der Waals surface area contributed by atoms with E-state index in [0.29, 0.717) is 12.1 Å². The molecule has 2 unspecified atom stereocenters. The smallest absolute Gasteiger partial charge is 0.191 e. The van der Waals surface area contributed by atoms with Crippen molar-refractivity contribution in [2.24, 2.45) is 4.99 Å². The van der Waals surface area contributed by atoms with E-state index in [4.69, 9.17) is 4.99 Å². The van der Waals surface area contributed by atoms with Crippen LogP contribution in [0.25, 0.3) is 0 Å². The highest BCUT2D eigenvalue weighted by atomic mass is 15.3. The molecule has 2 heterocycles.